The van der Waals surface area contributed by atoms with Crippen molar-refractivity contribution in [2.45, 2.75) is 20.4 Å². The van der Waals surface area contributed by atoms with Gasteiger partial charge in [-0.15, -0.1) is 0 Å². The Kier molecular flexibility index (Phi) is 4.74. The SMILES string of the molecule is CC[n+]1c(C)ccc2cc(N(C)C)ccc21.[I-]. The van der Waals surface area contributed by atoms with Gasteiger partial charge >= 0.3 is 0 Å². The number of pyridine rings is 1. The molecule has 0 saturated carbocycles. The third-order valence-corrected chi connectivity index (χ3v) is 3.06. The maximum absolute atomic E-state index is 2.34. The van der Waals surface area contributed by atoms with Crippen LogP contribution in [0.2, 0.25) is 0 Å². The zero-order valence-corrected chi connectivity index (χ0v) is 13.0. The molecule has 2 aromatic rings. The normalized spacial score (nSPS) is 10.1. The van der Waals surface area contributed by atoms with Crippen LogP contribution in [0.1, 0.15) is 12.6 Å². The van der Waals surface area contributed by atoms with E-state index in [9.17, 15) is 0 Å². The molecule has 0 radical (unpaired) electrons. The number of aryl methyl sites for hydroxylation is 2. The Bertz CT molecular complexity index is 521. The minimum atomic E-state index is 0. The van der Waals surface area contributed by atoms with Crippen molar-refractivity contribution in [2.75, 3.05) is 19.0 Å². The Balaban J connectivity index is 0.00000144. The van der Waals surface area contributed by atoms with Crippen LogP contribution in [-0.2, 0) is 6.54 Å². The third-order valence-electron chi connectivity index (χ3n) is 3.06. The molecule has 0 atom stereocenters. The number of fused-ring (bicyclic) bond motifs is 1. The van der Waals surface area contributed by atoms with Crippen molar-refractivity contribution in [3.63, 3.8) is 0 Å². The van der Waals surface area contributed by atoms with E-state index < -0.39 is 0 Å². The maximum atomic E-state index is 2.34. The molecule has 0 aliphatic rings. The lowest BCUT2D eigenvalue weighted by Crippen LogP contribution is -3.00. The van der Waals surface area contributed by atoms with Crippen molar-refractivity contribution in [1.82, 2.24) is 0 Å². The lowest BCUT2D eigenvalue weighted by atomic mass is 10.1. The van der Waals surface area contributed by atoms with E-state index in [0.717, 1.165) is 6.54 Å². The average molecular weight is 342 g/mol. The van der Waals surface area contributed by atoms with Gasteiger partial charge in [0.15, 0.2) is 5.69 Å². The largest absolute Gasteiger partial charge is 1.00 e. The molecular weight excluding hydrogens is 323 g/mol. The van der Waals surface area contributed by atoms with E-state index in [0.29, 0.717) is 0 Å². The summed E-state index contributed by atoms with van der Waals surface area (Å²) in [4.78, 5) is 2.13. The van der Waals surface area contributed by atoms with Crippen LogP contribution in [0.25, 0.3) is 10.9 Å². The second-order valence-corrected chi connectivity index (χ2v) is 4.36. The van der Waals surface area contributed by atoms with Crippen molar-refractivity contribution < 1.29 is 28.5 Å². The van der Waals surface area contributed by atoms with Crippen LogP contribution >= 0.6 is 0 Å². The molecular formula is C14H19IN2. The molecule has 0 fully saturated rings. The highest BCUT2D eigenvalue weighted by Gasteiger charge is 2.10. The van der Waals surface area contributed by atoms with Crippen molar-refractivity contribution in [1.29, 1.82) is 0 Å². The molecule has 2 rings (SSSR count). The molecule has 0 saturated heterocycles. The molecule has 0 unspecified atom stereocenters. The Morgan fingerprint density at radius 2 is 1.82 bits per heavy atom. The van der Waals surface area contributed by atoms with E-state index in [-0.39, 0.29) is 24.0 Å². The fraction of sp³-hybridized carbons (Fsp3) is 0.357. The van der Waals surface area contributed by atoms with Gasteiger partial charge in [-0.1, -0.05) is 0 Å². The van der Waals surface area contributed by atoms with Crippen molar-refractivity contribution in [3.05, 3.63) is 36.0 Å². The van der Waals surface area contributed by atoms with Crippen LogP contribution in [0, 0.1) is 6.92 Å². The predicted molar refractivity (Wildman–Crippen MR) is 68.9 cm³/mol. The lowest BCUT2D eigenvalue weighted by Gasteiger charge is -2.12. The molecule has 0 aliphatic carbocycles. The van der Waals surface area contributed by atoms with Gasteiger partial charge < -0.3 is 28.9 Å². The van der Waals surface area contributed by atoms with E-state index >= 15 is 0 Å². The van der Waals surface area contributed by atoms with Crippen molar-refractivity contribution >= 4 is 16.6 Å². The van der Waals surface area contributed by atoms with Gasteiger partial charge in [0.1, 0.15) is 6.54 Å². The molecule has 17 heavy (non-hydrogen) atoms. The number of anilines is 1. The first kappa shape index (κ1) is 14.2. The summed E-state index contributed by atoms with van der Waals surface area (Å²) in [5.41, 5.74) is 3.87. The Morgan fingerprint density at radius 1 is 1.12 bits per heavy atom. The quantitative estimate of drug-likeness (QED) is 0.529. The number of halogens is 1. The Hall–Kier alpha value is -0.840. The summed E-state index contributed by atoms with van der Waals surface area (Å²) in [5, 5.41) is 1.30. The summed E-state index contributed by atoms with van der Waals surface area (Å²) < 4.78 is 2.34. The highest BCUT2D eigenvalue weighted by Crippen LogP contribution is 2.18. The summed E-state index contributed by atoms with van der Waals surface area (Å²) in [5.74, 6) is 0. The summed E-state index contributed by atoms with van der Waals surface area (Å²) in [6.07, 6.45) is 0. The number of benzene rings is 1. The average Bonchev–Trinajstić information content (AvgIpc) is 2.28. The number of aromatic nitrogens is 1. The number of rotatable bonds is 2. The molecule has 1 heterocycles. The standard InChI is InChI=1S/C14H19N2.HI/c1-5-16-11(2)6-7-12-10-13(15(3)4)8-9-14(12)16;/h6-10H,5H2,1-4H3;1H/q+1;/p-1. The van der Waals surface area contributed by atoms with Gasteiger partial charge in [-0.3, -0.25) is 0 Å². The minimum absolute atomic E-state index is 0. The lowest BCUT2D eigenvalue weighted by molar-refractivity contribution is -0.673. The van der Waals surface area contributed by atoms with Crippen LogP contribution in [0.15, 0.2) is 30.3 Å². The topological polar surface area (TPSA) is 7.12 Å². The maximum Gasteiger partial charge on any atom is 0.212 e. The van der Waals surface area contributed by atoms with Gasteiger partial charge in [0.2, 0.25) is 5.52 Å². The van der Waals surface area contributed by atoms with E-state index in [4.69, 9.17) is 0 Å². The van der Waals surface area contributed by atoms with Crippen molar-refractivity contribution in [3.8, 4) is 0 Å². The zero-order valence-electron chi connectivity index (χ0n) is 10.9. The predicted octanol–water partition coefficient (Wildman–Crippen LogP) is -0.474. The van der Waals surface area contributed by atoms with E-state index in [1.807, 2.05) is 0 Å². The van der Waals surface area contributed by atoms with Gasteiger partial charge in [-0.05, 0) is 25.1 Å². The smallest absolute Gasteiger partial charge is 0.212 e. The molecule has 0 amide bonds. The second kappa shape index (κ2) is 5.67. The Morgan fingerprint density at radius 3 is 2.41 bits per heavy atom. The van der Waals surface area contributed by atoms with E-state index in [2.05, 4.69) is 67.7 Å². The molecule has 1 aromatic heterocycles. The van der Waals surface area contributed by atoms with Crippen LogP contribution < -0.4 is 33.4 Å². The van der Waals surface area contributed by atoms with Gasteiger partial charge in [0, 0.05) is 44.2 Å². The molecule has 0 spiro atoms. The van der Waals surface area contributed by atoms with Gasteiger partial charge in [-0.2, -0.15) is 4.57 Å². The molecule has 0 bridgehead atoms. The number of hydrogen-bond donors (Lipinski definition) is 0. The highest BCUT2D eigenvalue weighted by atomic mass is 127. The zero-order chi connectivity index (χ0) is 11.7. The first-order valence-electron chi connectivity index (χ1n) is 5.74. The Labute approximate surface area is 120 Å². The summed E-state index contributed by atoms with van der Waals surface area (Å²) in [6.45, 7) is 5.36. The molecule has 2 nitrogen and oxygen atoms in total. The molecule has 92 valence electrons. The minimum Gasteiger partial charge on any atom is -1.00 e. The van der Waals surface area contributed by atoms with E-state index in [1.165, 1.54) is 22.3 Å². The number of nitrogens with zero attached hydrogens (tertiary/aromatic N) is 2. The van der Waals surface area contributed by atoms with Crippen LogP contribution in [-0.4, -0.2) is 14.1 Å². The van der Waals surface area contributed by atoms with Gasteiger partial charge in [0.25, 0.3) is 0 Å². The fourth-order valence-corrected chi connectivity index (χ4v) is 2.11. The number of hydrogen-bond acceptors (Lipinski definition) is 1. The monoisotopic (exact) mass is 342 g/mol. The molecule has 0 aliphatic heterocycles. The van der Waals surface area contributed by atoms with Crippen LogP contribution in [0.5, 0.6) is 0 Å². The van der Waals surface area contributed by atoms with Crippen molar-refractivity contribution in [2.24, 2.45) is 0 Å². The molecule has 1 aromatic carbocycles. The summed E-state index contributed by atoms with van der Waals surface area (Å²) in [6, 6.07) is 11.0. The summed E-state index contributed by atoms with van der Waals surface area (Å²) >= 11 is 0. The van der Waals surface area contributed by atoms with E-state index in [1.54, 1.807) is 0 Å². The molecule has 3 heteroatoms. The second-order valence-electron chi connectivity index (χ2n) is 4.36. The first-order chi connectivity index (χ1) is 7.63. The highest BCUT2D eigenvalue weighted by molar-refractivity contribution is 5.80. The third kappa shape index (κ3) is 2.70. The first-order valence-corrected chi connectivity index (χ1v) is 5.74. The van der Waals surface area contributed by atoms with Crippen LogP contribution in [0.3, 0.4) is 0 Å². The molecule has 0 N–H and O–H groups in total. The fourth-order valence-electron chi connectivity index (χ4n) is 2.11. The van der Waals surface area contributed by atoms with Gasteiger partial charge in [-0.25, -0.2) is 0 Å². The van der Waals surface area contributed by atoms with Gasteiger partial charge in [0.05, 0.1) is 0 Å². The van der Waals surface area contributed by atoms with Crippen LogP contribution in [0.4, 0.5) is 5.69 Å². The summed E-state index contributed by atoms with van der Waals surface area (Å²) in [7, 11) is 4.15.